The number of rotatable bonds is 8. The van der Waals surface area contributed by atoms with E-state index in [2.05, 4.69) is 327 Å². The minimum absolute atomic E-state index is 0.402. The third-order valence-corrected chi connectivity index (χ3v) is 16.4. The van der Waals surface area contributed by atoms with Crippen LogP contribution in [0.2, 0.25) is 0 Å². The molecule has 4 heteroatoms. The molecule has 4 aromatic heterocycles. The third-order valence-electron chi connectivity index (χ3n) is 16.4. The van der Waals surface area contributed by atoms with Crippen molar-refractivity contribution in [3.8, 4) is 89.5 Å². The van der Waals surface area contributed by atoms with Gasteiger partial charge < -0.3 is 0 Å². The minimum Gasteiger partial charge on any atom is -0.201 e. The maximum atomic E-state index is 7.71. The van der Waals surface area contributed by atoms with E-state index in [1.807, 2.05) is 30.7 Å². The highest BCUT2D eigenvalue weighted by Crippen LogP contribution is 2.33. The zero-order valence-corrected chi connectivity index (χ0v) is 52.5. The second-order valence-electron chi connectivity index (χ2n) is 22.9. The van der Waals surface area contributed by atoms with E-state index < -0.39 is 6.85 Å². The lowest BCUT2D eigenvalue weighted by Gasteiger charge is -2.12. The zero-order valence-electron chi connectivity index (χ0n) is 55.5. The molecule has 0 bridgehead atoms. The van der Waals surface area contributed by atoms with Gasteiger partial charge in [-0.25, -0.2) is 18.3 Å². The summed E-state index contributed by atoms with van der Waals surface area (Å²) in [5.41, 5.74) is 31.2. The van der Waals surface area contributed by atoms with Crippen molar-refractivity contribution in [3.05, 3.63) is 311 Å². The molecule has 0 saturated heterocycles. The fraction of sp³-hybridized carbons (Fsp3) is 0.171. The summed E-state index contributed by atoms with van der Waals surface area (Å²) in [5, 5.41) is 0. The second kappa shape index (κ2) is 27.8. The topological polar surface area (TPSA) is 15.5 Å². The van der Waals surface area contributed by atoms with Gasteiger partial charge in [0.25, 0.3) is 0 Å². The molecule has 0 aliphatic carbocycles. The molecule has 0 aliphatic rings. The smallest absolute Gasteiger partial charge is 0.201 e. The largest absolute Gasteiger partial charge is 0.212 e. The van der Waals surface area contributed by atoms with Gasteiger partial charge in [0.05, 0.1) is 0 Å². The molecular formula is C82H84N4+4. The third kappa shape index (κ3) is 14.6. The van der Waals surface area contributed by atoms with E-state index in [-0.39, 0.29) is 0 Å². The fourth-order valence-electron chi connectivity index (χ4n) is 11.1. The number of pyridine rings is 4. The standard InChI is InChI=1S/C22H24N.C21H22N.C20H20N.C19H18N/c1-15-13-22(23(5)14-18(15)4)21-12-16(2)20(11-17(21)3)19-9-7-6-8-10-19;1-15-10-11-19(18-8-6-5-7-9-18)13-20(15)21-12-16(2)17(3)14-22(21)4;1-15-9-12-20(21(3)14-15)19-13-18(11-10-16(19)2)17-7-5-4-6-8-17;1-15-11-12-17(16-8-4-3-5-9-16)14-18(15)19-10-6-7-13-20(19)2/h6-14H,1-5H3;5-14H,1-4H3;4-14H,1-3H3;3-14H,1-2H3/q4*+1/i4D3;;;. The summed E-state index contributed by atoms with van der Waals surface area (Å²) < 4.78 is 31.6. The Labute approximate surface area is 517 Å². The highest BCUT2D eigenvalue weighted by atomic mass is 14.9. The lowest BCUT2D eigenvalue weighted by atomic mass is 9.93. The Morgan fingerprint density at radius 3 is 1.03 bits per heavy atom. The summed E-state index contributed by atoms with van der Waals surface area (Å²) in [5.74, 6) is 0. The molecule has 0 unspecified atom stereocenters. The van der Waals surface area contributed by atoms with Gasteiger partial charge in [0, 0.05) is 73.4 Å². The number of aromatic nitrogens is 4. The summed E-state index contributed by atoms with van der Waals surface area (Å²) in [6.45, 7) is 17.0. The number of hydrogen-bond donors (Lipinski definition) is 0. The molecule has 12 aromatic rings. The molecule has 86 heavy (non-hydrogen) atoms. The lowest BCUT2D eigenvalue weighted by Crippen LogP contribution is -2.31. The van der Waals surface area contributed by atoms with Crippen molar-refractivity contribution in [2.75, 3.05) is 0 Å². The van der Waals surface area contributed by atoms with Gasteiger partial charge in [-0.3, -0.25) is 0 Å². The van der Waals surface area contributed by atoms with Crippen molar-refractivity contribution < 1.29 is 22.4 Å². The predicted octanol–water partition coefficient (Wildman–Crippen LogP) is 18.5. The van der Waals surface area contributed by atoms with Crippen LogP contribution in [-0.2, 0) is 28.2 Å². The van der Waals surface area contributed by atoms with E-state index in [0.29, 0.717) is 5.56 Å². The van der Waals surface area contributed by atoms with Gasteiger partial charge in [0.15, 0.2) is 24.8 Å². The van der Waals surface area contributed by atoms with Crippen LogP contribution in [0, 0.1) is 69.2 Å². The maximum Gasteiger partial charge on any atom is 0.212 e. The normalized spacial score (nSPS) is 11.3. The van der Waals surface area contributed by atoms with Crippen LogP contribution in [0.15, 0.2) is 255 Å². The zero-order chi connectivity index (χ0) is 63.5. The van der Waals surface area contributed by atoms with Gasteiger partial charge in [-0.05, 0) is 189 Å². The van der Waals surface area contributed by atoms with Crippen LogP contribution >= 0.6 is 0 Å². The predicted molar refractivity (Wildman–Crippen MR) is 361 cm³/mol. The average molecular weight is 1130 g/mol. The maximum absolute atomic E-state index is 7.71. The Balaban J connectivity index is 0.000000142. The Morgan fingerprint density at radius 2 is 0.593 bits per heavy atom. The molecule has 0 N–H and O–H groups in total. The first-order valence-electron chi connectivity index (χ1n) is 31.2. The van der Waals surface area contributed by atoms with Gasteiger partial charge in [-0.2, -0.15) is 0 Å². The molecule has 4 heterocycles. The van der Waals surface area contributed by atoms with Crippen molar-refractivity contribution in [1.29, 1.82) is 0 Å². The summed E-state index contributed by atoms with van der Waals surface area (Å²) in [7, 11) is 8.22. The van der Waals surface area contributed by atoms with Crippen LogP contribution in [-0.4, -0.2) is 0 Å². The first-order chi connectivity index (χ1) is 42.6. The highest BCUT2D eigenvalue weighted by molar-refractivity contribution is 5.77. The van der Waals surface area contributed by atoms with Crippen LogP contribution in [0.25, 0.3) is 89.5 Å². The van der Waals surface area contributed by atoms with Crippen molar-refractivity contribution in [1.82, 2.24) is 0 Å². The van der Waals surface area contributed by atoms with E-state index >= 15 is 0 Å². The first-order valence-corrected chi connectivity index (χ1v) is 29.7. The number of hydrogen-bond acceptors (Lipinski definition) is 0. The summed E-state index contributed by atoms with van der Waals surface area (Å²) in [4.78, 5) is 0. The monoisotopic (exact) mass is 1130 g/mol. The Morgan fingerprint density at radius 1 is 0.233 bits per heavy atom. The molecular weight excluding hydrogens is 1040 g/mol. The molecule has 8 aromatic carbocycles. The minimum atomic E-state index is -2.09. The van der Waals surface area contributed by atoms with Gasteiger partial charge in [-0.15, -0.1) is 0 Å². The Hall–Kier alpha value is -9.64. The van der Waals surface area contributed by atoms with E-state index in [0.717, 1.165) is 16.8 Å². The summed E-state index contributed by atoms with van der Waals surface area (Å²) >= 11 is 0. The molecule has 4 nitrogen and oxygen atoms in total. The van der Waals surface area contributed by atoms with Crippen LogP contribution < -0.4 is 18.3 Å². The molecule has 0 aliphatic heterocycles. The number of nitrogens with zero attached hydrogens (tertiary/aromatic N) is 4. The molecule has 0 atom stereocenters. The van der Waals surface area contributed by atoms with Crippen LogP contribution in [0.1, 0.15) is 59.7 Å². The molecule has 0 spiro atoms. The van der Waals surface area contributed by atoms with Crippen LogP contribution in [0.4, 0.5) is 0 Å². The van der Waals surface area contributed by atoms with E-state index in [1.54, 1.807) is 6.20 Å². The van der Waals surface area contributed by atoms with Crippen molar-refractivity contribution in [2.24, 2.45) is 28.2 Å². The van der Waals surface area contributed by atoms with Gasteiger partial charge in [-0.1, -0.05) is 164 Å². The van der Waals surface area contributed by atoms with E-state index in [1.165, 1.54) is 123 Å². The number of benzene rings is 8. The molecule has 0 saturated carbocycles. The van der Waals surface area contributed by atoms with Crippen LogP contribution in [0.5, 0.6) is 0 Å². The van der Waals surface area contributed by atoms with Crippen molar-refractivity contribution in [2.45, 2.75) is 69.2 Å². The molecule has 0 amide bonds. The average Bonchev–Trinajstić information content (AvgIpc) is 2.08. The molecule has 0 fully saturated rings. The molecule has 0 radical (unpaired) electrons. The quantitative estimate of drug-likeness (QED) is 0.135. The summed E-state index contributed by atoms with van der Waals surface area (Å²) in [6.07, 6.45) is 8.20. The highest BCUT2D eigenvalue weighted by Gasteiger charge is 2.19. The molecule has 428 valence electrons. The van der Waals surface area contributed by atoms with E-state index in [9.17, 15) is 0 Å². The van der Waals surface area contributed by atoms with E-state index in [4.69, 9.17) is 4.11 Å². The fourth-order valence-corrected chi connectivity index (χ4v) is 11.1. The SMILES string of the molecule is Cc1cc(-c2cc(-c3ccccc3)ccc2C)[n+](C)cc1C.Cc1ccc(-c2cc(-c3ccccc3)ccc2C)[n+](C)c1.Cc1ccc(-c2ccccc2)cc1-c1cccc[n+]1C.[2H]C([2H])([2H])c1c[n+](C)c(-c2cc(C)c(-c3ccccc3)cc2C)cc1C. The number of aryl methyl sites for hydroxylation is 14. The Kier molecular flexibility index (Phi) is 18.4. The Bertz CT molecular complexity index is 4420. The van der Waals surface area contributed by atoms with Gasteiger partial charge in [0.1, 0.15) is 28.2 Å². The van der Waals surface area contributed by atoms with Crippen LogP contribution in [0.3, 0.4) is 0 Å². The van der Waals surface area contributed by atoms with Crippen molar-refractivity contribution >= 4 is 0 Å². The van der Waals surface area contributed by atoms with Gasteiger partial charge in [0.2, 0.25) is 22.8 Å². The molecule has 12 rings (SSSR count). The van der Waals surface area contributed by atoms with Crippen molar-refractivity contribution in [3.63, 3.8) is 0 Å². The lowest BCUT2D eigenvalue weighted by molar-refractivity contribution is -0.660. The first kappa shape index (κ1) is 56.8. The van der Waals surface area contributed by atoms with Gasteiger partial charge >= 0.3 is 0 Å². The summed E-state index contributed by atoms with van der Waals surface area (Å²) in [6, 6.07) is 81.4. The second-order valence-corrected chi connectivity index (χ2v) is 22.9.